The number of amides is 1. The Balaban J connectivity index is 2.18. The molecular weight excluding hydrogens is 300 g/mol. The zero-order valence-corrected chi connectivity index (χ0v) is 11.7. The van der Waals surface area contributed by atoms with Crippen LogP contribution in [0.2, 0.25) is 5.02 Å². The van der Waals surface area contributed by atoms with E-state index in [0.717, 1.165) is 12.5 Å². The van der Waals surface area contributed by atoms with Crippen LogP contribution in [0.5, 0.6) is 0 Å². The minimum Gasteiger partial charge on any atom is -0.481 e. The van der Waals surface area contributed by atoms with Gasteiger partial charge in [-0.1, -0.05) is 11.6 Å². The third-order valence-electron chi connectivity index (χ3n) is 3.58. The van der Waals surface area contributed by atoms with Gasteiger partial charge in [-0.05, 0) is 31.4 Å². The van der Waals surface area contributed by atoms with Crippen LogP contribution in [0.3, 0.4) is 0 Å². The molecule has 0 heterocycles. The summed E-state index contributed by atoms with van der Waals surface area (Å²) in [5, 5.41) is 22.3. The van der Waals surface area contributed by atoms with Crippen molar-refractivity contribution in [1.82, 2.24) is 5.32 Å². The first-order valence-corrected chi connectivity index (χ1v) is 6.69. The third kappa shape index (κ3) is 3.30. The minimum absolute atomic E-state index is 0.0551. The number of rotatable bonds is 5. The number of carbonyl (C=O) groups excluding carboxylic acids is 1. The van der Waals surface area contributed by atoms with Gasteiger partial charge in [0, 0.05) is 11.6 Å². The van der Waals surface area contributed by atoms with Crippen molar-refractivity contribution in [3.8, 4) is 0 Å². The van der Waals surface area contributed by atoms with Gasteiger partial charge in [0.15, 0.2) is 0 Å². The average Bonchev–Trinajstić information content (AvgIpc) is 2.35. The minimum atomic E-state index is -0.989. The molecule has 0 bridgehead atoms. The molecule has 1 aromatic rings. The van der Waals surface area contributed by atoms with Crippen LogP contribution >= 0.6 is 11.6 Å². The average molecular weight is 313 g/mol. The Morgan fingerprint density at radius 1 is 1.43 bits per heavy atom. The van der Waals surface area contributed by atoms with E-state index in [1.165, 1.54) is 12.1 Å². The van der Waals surface area contributed by atoms with E-state index in [-0.39, 0.29) is 22.7 Å². The van der Waals surface area contributed by atoms with E-state index in [2.05, 4.69) is 5.32 Å². The maximum Gasteiger partial charge on any atom is 0.305 e. The summed E-state index contributed by atoms with van der Waals surface area (Å²) in [5.41, 5.74) is -1.02. The fourth-order valence-electron chi connectivity index (χ4n) is 2.35. The second-order valence-electron chi connectivity index (χ2n) is 5.08. The highest BCUT2D eigenvalue weighted by molar-refractivity contribution is 6.32. The fourth-order valence-corrected chi connectivity index (χ4v) is 2.53. The number of carboxylic acids is 1. The molecule has 8 heteroatoms. The number of carbonyl (C=O) groups is 2. The van der Waals surface area contributed by atoms with Crippen molar-refractivity contribution in [2.45, 2.75) is 31.2 Å². The number of nitrogens with zero attached hydrogens (tertiary/aromatic N) is 1. The molecule has 112 valence electrons. The number of nitro groups is 1. The highest BCUT2D eigenvalue weighted by atomic mass is 35.5. The van der Waals surface area contributed by atoms with Gasteiger partial charge in [-0.15, -0.1) is 0 Å². The van der Waals surface area contributed by atoms with Crippen molar-refractivity contribution in [3.63, 3.8) is 0 Å². The summed E-state index contributed by atoms with van der Waals surface area (Å²) in [6.07, 6.45) is 1.85. The van der Waals surface area contributed by atoms with Crippen molar-refractivity contribution < 1.29 is 19.6 Å². The monoisotopic (exact) mass is 312 g/mol. The first kappa shape index (κ1) is 15.2. The summed E-state index contributed by atoms with van der Waals surface area (Å²) in [4.78, 5) is 33.1. The first-order valence-electron chi connectivity index (χ1n) is 6.31. The van der Waals surface area contributed by atoms with Crippen LogP contribution in [-0.4, -0.2) is 27.4 Å². The summed E-state index contributed by atoms with van der Waals surface area (Å²) >= 11 is 5.69. The number of hydrogen-bond acceptors (Lipinski definition) is 4. The Labute approximate surface area is 125 Å². The molecule has 2 rings (SSSR count). The number of hydrogen-bond donors (Lipinski definition) is 2. The van der Waals surface area contributed by atoms with Crippen LogP contribution in [0.4, 0.5) is 5.69 Å². The normalized spacial score (nSPS) is 15.9. The summed E-state index contributed by atoms with van der Waals surface area (Å²) in [5.74, 6) is -1.52. The van der Waals surface area contributed by atoms with Crippen LogP contribution in [0, 0.1) is 10.1 Å². The van der Waals surface area contributed by atoms with Crippen LogP contribution in [0.15, 0.2) is 18.2 Å². The summed E-state index contributed by atoms with van der Waals surface area (Å²) < 4.78 is 0. The van der Waals surface area contributed by atoms with E-state index in [9.17, 15) is 19.7 Å². The Kier molecular flexibility index (Phi) is 4.13. The van der Waals surface area contributed by atoms with Gasteiger partial charge in [0.2, 0.25) is 0 Å². The Bertz CT molecular complexity index is 613. The van der Waals surface area contributed by atoms with Gasteiger partial charge in [-0.2, -0.15) is 0 Å². The van der Waals surface area contributed by atoms with Crippen LogP contribution in [0.1, 0.15) is 36.0 Å². The smallest absolute Gasteiger partial charge is 0.305 e. The molecule has 0 radical (unpaired) electrons. The van der Waals surface area contributed by atoms with Crippen LogP contribution < -0.4 is 5.32 Å². The maximum absolute atomic E-state index is 12.2. The molecule has 1 amide bonds. The van der Waals surface area contributed by atoms with Crippen molar-refractivity contribution in [1.29, 1.82) is 0 Å². The SMILES string of the molecule is O=C(O)CC1(NC(=O)c2ccc(Cl)c([N+](=O)[O-])c2)CCC1. The molecular formula is C13H13ClN2O5. The second kappa shape index (κ2) is 5.69. The van der Waals surface area contributed by atoms with Gasteiger partial charge < -0.3 is 10.4 Å². The largest absolute Gasteiger partial charge is 0.481 e. The maximum atomic E-state index is 12.2. The lowest BCUT2D eigenvalue weighted by molar-refractivity contribution is -0.384. The van der Waals surface area contributed by atoms with Crippen LogP contribution in [0.25, 0.3) is 0 Å². The molecule has 0 saturated heterocycles. The van der Waals surface area contributed by atoms with Crippen molar-refractivity contribution in [2.24, 2.45) is 0 Å². The summed E-state index contributed by atoms with van der Waals surface area (Å²) in [6.45, 7) is 0. The number of nitrogens with one attached hydrogen (secondary N) is 1. The molecule has 7 nitrogen and oxygen atoms in total. The number of nitro benzene ring substituents is 1. The zero-order chi connectivity index (χ0) is 15.6. The van der Waals surface area contributed by atoms with Gasteiger partial charge >= 0.3 is 5.97 Å². The molecule has 1 aliphatic carbocycles. The Morgan fingerprint density at radius 2 is 2.10 bits per heavy atom. The predicted molar refractivity (Wildman–Crippen MR) is 74.4 cm³/mol. The fraction of sp³-hybridized carbons (Fsp3) is 0.385. The van der Waals surface area contributed by atoms with Gasteiger partial charge in [-0.25, -0.2) is 0 Å². The number of aliphatic carboxylic acids is 1. The van der Waals surface area contributed by atoms with Gasteiger partial charge in [0.05, 0.1) is 16.9 Å². The van der Waals surface area contributed by atoms with E-state index in [0.29, 0.717) is 12.8 Å². The molecule has 0 spiro atoms. The highest BCUT2D eigenvalue weighted by Gasteiger charge is 2.40. The van der Waals surface area contributed by atoms with Crippen molar-refractivity contribution >= 4 is 29.2 Å². The van der Waals surface area contributed by atoms with E-state index in [1.54, 1.807) is 0 Å². The van der Waals surface area contributed by atoms with Crippen molar-refractivity contribution in [2.75, 3.05) is 0 Å². The van der Waals surface area contributed by atoms with Gasteiger partial charge in [-0.3, -0.25) is 19.7 Å². The highest BCUT2D eigenvalue weighted by Crippen LogP contribution is 2.35. The van der Waals surface area contributed by atoms with Gasteiger partial charge in [0.25, 0.3) is 11.6 Å². The van der Waals surface area contributed by atoms with E-state index in [4.69, 9.17) is 16.7 Å². The first-order chi connectivity index (χ1) is 9.83. The molecule has 1 fully saturated rings. The predicted octanol–water partition coefficient (Wildman–Crippen LogP) is 2.38. The lowest BCUT2D eigenvalue weighted by Gasteiger charge is -2.41. The summed E-state index contributed by atoms with van der Waals surface area (Å²) in [7, 11) is 0. The quantitative estimate of drug-likeness (QED) is 0.640. The molecule has 2 N–H and O–H groups in total. The molecule has 0 unspecified atom stereocenters. The zero-order valence-electron chi connectivity index (χ0n) is 11.0. The van der Waals surface area contributed by atoms with E-state index >= 15 is 0 Å². The van der Waals surface area contributed by atoms with Gasteiger partial charge in [0.1, 0.15) is 5.02 Å². The Hall–Kier alpha value is -2.15. The standard InChI is InChI=1S/C13H13ClN2O5/c14-9-3-2-8(6-10(9)16(20)21)12(19)15-13(4-1-5-13)7-11(17)18/h2-3,6H,1,4-5,7H2,(H,15,19)(H,17,18). The molecule has 1 saturated carbocycles. The molecule has 21 heavy (non-hydrogen) atoms. The topological polar surface area (TPSA) is 110 Å². The van der Waals surface area contributed by atoms with Crippen molar-refractivity contribution in [3.05, 3.63) is 38.9 Å². The number of halogens is 1. The second-order valence-corrected chi connectivity index (χ2v) is 5.49. The lowest BCUT2D eigenvalue weighted by Crippen LogP contribution is -2.54. The third-order valence-corrected chi connectivity index (χ3v) is 3.90. The summed E-state index contributed by atoms with van der Waals surface area (Å²) in [6, 6.07) is 3.74. The van der Waals surface area contributed by atoms with Crippen LogP contribution in [-0.2, 0) is 4.79 Å². The number of benzene rings is 1. The van der Waals surface area contributed by atoms with E-state index < -0.39 is 22.3 Å². The molecule has 0 atom stereocenters. The molecule has 0 aromatic heterocycles. The number of carboxylic acid groups (broad SMARTS) is 1. The lowest BCUT2D eigenvalue weighted by atomic mass is 9.74. The molecule has 1 aliphatic rings. The molecule has 0 aliphatic heterocycles. The molecule has 1 aromatic carbocycles. The van der Waals surface area contributed by atoms with E-state index in [1.807, 2.05) is 0 Å². The Morgan fingerprint density at radius 3 is 2.57 bits per heavy atom.